The quantitative estimate of drug-likeness (QED) is 0.900. The molecule has 0 amide bonds. The van der Waals surface area contributed by atoms with Crippen LogP contribution in [-0.2, 0) is 6.42 Å². The van der Waals surface area contributed by atoms with E-state index in [1.807, 2.05) is 0 Å². The van der Waals surface area contributed by atoms with Gasteiger partial charge < -0.3 is 10.1 Å². The number of hydrogen-bond acceptors (Lipinski definition) is 3. The Morgan fingerprint density at radius 2 is 2.24 bits per heavy atom. The lowest BCUT2D eigenvalue weighted by molar-refractivity contribution is 0.160. The summed E-state index contributed by atoms with van der Waals surface area (Å²) < 4.78 is 13.8. The van der Waals surface area contributed by atoms with Gasteiger partial charge in [0.15, 0.2) is 0 Å². The summed E-state index contributed by atoms with van der Waals surface area (Å²) >= 11 is 0. The fourth-order valence-corrected chi connectivity index (χ4v) is 3.10. The van der Waals surface area contributed by atoms with Gasteiger partial charge in [-0.25, -0.2) is 4.39 Å². The van der Waals surface area contributed by atoms with Crippen molar-refractivity contribution in [2.75, 3.05) is 19.7 Å². The second kappa shape index (κ2) is 5.95. The maximum Gasteiger partial charge on any atom is 0.256 e. The van der Waals surface area contributed by atoms with E-state index in [1.54, 1.807) is 18.2 Å². The monoisotopic (exact) mass is 290 g/mol. The third-order valence-electron chi connectivity index (χ3n) is 4.27. The third-order valence-corrected chi connectivity index (χ3v) is 4.27. The van der Waals surface area contributed by atoms with Gasteiger partial charge in [-0.2, -0.15) is 0 Å². The number of rotatable bonds is 4. The first-order chi connectivity index (χ1) is 10.2. The van der Waals surface area contributed by atoms with Crippen molar-refractivity contribution in [1.82, 2.24) is 9.88 Å². The zero-order valence-electron chi connectivity index (χ0n) is 11.8. The van der Waals surface area contributed by atoms with E-state index < -0.39 is 0 Å². The van der Waals surface area contributed by atoms with Gasteiger partial charge in [-0.15, -0.1) is 0 Å². The van der Waals surface area contributed by atoms with Gasteiger partial charge in [0.25, 0.3) is 5.56 Å². The Kier molecular flexibility index (Phi) is 4.03. The molecule has 3 rings (SSSR count). The molecule has 1 aromatic heterocycles. The lowest BCUT2D eigenvalue weighted by Crippen LogP contribution is -2.34. The number of likely N-dealkylation sites (tertiary alicyclic amines) is 1. The summed E-state index contributed by atoms with van der Waals surface area (Å²) in [7, 11) is 0. The van der Waals surface area contributed by atoms with Gasteiger partial charge in [-0.1, -0.05) is 6.07 Å². The van der Waals surface area contributed by atoms with Crippen LogP contribution < -0.4 is 5.56 Å². The molecular formula is C16H19FN2O2. The number of pyridine rings is 1. The van der Waals surface area contributed by atoms with E-state index in [0.29, 0.717) is 17.2 Å². The molecule has 21 heavy (non-hydrogen) atoms. The van der Waals surface area contributed by atoms with E-state index in [4.69, 9.17) is 0 Å². The average molecular weight is 290 g/mol. The van der Waals surface area contributed by atoms with E-state index in [0.717, 1.165) is 31.6 Å². The van der Waals surface area contributed by atoms with Gasteiger partial charge in [-0.3, -0.25) is 9.69 Å². The summed E-state index contributed by atoms with van der Waals surface area (Å²) in [5.74, 6) is -0.366. The first kappa shape index (κ1) is 14.2. The summed E-state index contributed by atoms with van der Waals surface area (Å²) in [6.07, 6.45) is 2.75. The number of fused-ring (bicyclic) bond motifs is 1. The minimum Gasteiger partial charge on any atom is -0.395 e. The van der Waals surface area contributed by atoms with Crippen LogP contribution in [0.2, 0.25) is 0 Å². The Morgan fingerprint density at radius 3 is 3.05 bits per heavy atom. The summed E-state index contributed by atoms with van der Waals surface area (Å²) in [5.41, 5.74) is 0.489. The highest BCUT2D eigenvalue weighted by molar-refractivity contribution is 5.82. The molecule has 5 heteroatoms. The lowest BCUT2D eigenvalue weighted by Gasteiger charge is -2.22. The molecule has 0 saturated carbocycles. The number of aromatic nitrogens is 1. The highest BCUT2D eigenvalue weighted by Gasteiger charge is 2.23. The van der Waals surface area contributed by atoms with Crippen LogP contribution in [0, 0.1) is 5.82 Å². The predicted molar refractivity (Wildman–Crippen MR) is 79.9 cm³/mol. The van der Waals surface area contributed by atoms with Crippen LogP contribution in [0.5, 0.6) is 0 Å². The van der Waals surface area contributed by atoms with Crippen molar-refractivity contribution in [2.45, 2.75) is 25.3 Å². The van der Waals surface area contributed by atoms with Crippen molar-refractivity contribution in [3.63, 3.8) is 0 Å². The summed E-state index contributed by atoms with van der Waals surface area (Å²) in [6.45, 7) is 1.90. The standard InChI is InChI=1S/C16H19FN2O2/c17-15-5-1-4-13-14(15)9-11(18-16(13)21)6-8-19-7-2-3-12(19)10-20/h1,4-5,9,12,20H,2-3,6-8,10H2,(H,18,21). The SMILES string of the molecule is O=c1[nH]c(CCN2CCCC2CO)cc2c(F)cccc12. The molecule has 1 fully saturated rings. The molecule has 0 aliphatic carbocycles. The molecule has 2 heterocycles. The Balaban J connectivity index is 1.81. The van der Waals surface area contributed by atoms with E-state index in [2.05, 4.69) is 9.88 Å². The van der Waals surface area contributed by atoms with Crippen LogP contribution in [0.25, 0.3) is 10.8 Å². The van der Waals surface area contributed by atoms with E-state index >= 15 is 0 Å². The Hall–Kier alpha value is -1.72. The number of benzene rings is 1. The molecule has 1 atom stereocenters. The molecule has 0 bridgehead atoms. The Labute approximate surface area is 122 Å². The summed E-state index contributed by atoms with van der Waals surface area (Å²) in [4.78, 5) is 17.0. The predicted octanol–water partition coefficient (Wildman–Crippen LogP) is 1.67. The van der Waals surface area contributed by atoms with Crippen molar-refractivity contribution in [3.05, 3.63) is 46.1 Å². The lowest BCUT2D eigenvalue weighted by atomic mass is 10.1. The van der Waals surface area contributed by atoms with Crippen LogP contribution in [0.4, 0.5) is 4.39 Å². The summed E-state index contributed by atoms with van der Waals surface area (Å²) in [6, 6.07) is 6.48. The van der Waals surface area contributed by atoms with Crippen LogP contribution in [-0.4, -0.2) is 40.7 Å². The first-order valence-electron chi connectivity index (χ1n) is 7.34. The molecule has 112 valence electrons. The maximum absolute atomic E-state index is 13.8. The number of nitrogens with one attached hydrogen (secondary N) is 1. The third kappa shape index (κ3) is 2.84. The topological polar surface area (TPSA) is 56.3 Å². The van der Waals surface area contributed by atoms with E-state index in [9.17, 15) is 14.3 Å². The van der Waals surface area contributed by atoms with Crippen molar-refractivity contribution in [2.24, 2.45) is 0 Å². The Bertz CT molecular complexity index is 698. The largest absolute Gasteiger partial charge is 0.395 e. The van der Waals surface area contributed by atoms with Crippen LogP contribution in [0.3, 0.4) is 0 Å². The van der Waals surface area contributed by atoms with Gasteiger partial charge in [0, 0.05) is 35.5 Å². The zero-order chi connectivity index (χ0) is 14.8. The zero-order valence-corrected chi connectivity index (χ0v) is 11.8. The van der Waals surface area contributed by atoms with Crippen LogP contribution in [0.1, 0.15) is 18.5 Å². The second-order valence-corrected chi connectivity index (χ2v) is 5.59. The van der Waals surface area contributed by atoms with Gasteiger partial charge in [0.1, 0.15) is 5.82 Å². The van der Waals surface area contributed by atoms with Gasteiger partial charge in [0.2, 0.25) is 0 Å². The van der Waals surface area contributed by atoms with Crippen LogP contribution >= 0.6 is 0 Å². The van der Waals surface area contributed by atoms with Crippen molar-refractivity contribution < 1.29 is 9.50 Å². The first-order valence-corrected chi connectivity index (χ1v) is 7.34. The highest BCUT2D eigenvalue weighted by Crippen LogP contribution is 2.18. The number of aliphatic hydroxyl groups is 1. The van der Waals surface area contributed by atoms with E-state index in [-0.39, 0.29) is 24.0 Å². The number of halogens is 1. The molecule has 1 unspecified atom stereocenters. The molecule has 0 spiro atoms. The maximum atomic E-state index is 13.8. The Morgan fingerprint density at radius 1 is 1.38 bits per heavy atom. The molecular weight excluding hydrogens is 271 g/mol. The van der Waals surface area contributed by atoms with Crippen molar-refractivity contribution >= 4 is 10.8 Å². The average Bonchev–Trinajstić information content (AvgIpc) is 2.94. The van der Waals surface area contributed by atoms with Gasteiger partial charge in [-0.05, 0) is 37.6 Å². The fourth-order valence-electron chi connectivity index (χ4n) is 3.10. The minimum absolute atomic E-state index is 0.170. The number of nitrogens with zero attached hydrogens (tertiary/aromatic N) is 1. The van der Waals surface area contributed by atoms with E-state index in [1.165, 1.54) is 6.07 Å². The number of H-pyrrole nitrogens is 1. The summed E-state index contributed by atoms with van der Waals surface area (Å²) in [5, 5.41) is 10.1. The van der Waals surface area contributed by atoms with Gasteiger partial charge >= 0.3 is 0 Å². The molecule has 1 aliphatic rings. The number of hydrogen-bond donors (Lipinski definition) is 2. The van der Waals surface area contributed by atoms with Crippen LogP contribution in [0.15, 0.2) is 29.1 Å². The molecule has 1 saturated heterocycles. The molecule has 0 radical (unpaired) electrons. The number of aromatic amines is 1. The van der Waals surface area contributed by atoms with Gasteiger partial charge in [0.05, 0.1) is 6.61 Å². The molecule has 1 aliphatic heterocycles. The molecule has 2 N–H and O–H groups in total. The molecule has 4 nitrogen and oxygen atoms in total. The van der Waals surface area contributed by atoms with Crippen molar-refractivity contribution in [1.29, 1.82) is 0 Å². The number of aliphatic hydroxyl groups excluding tert-OH is 1. The smallest absolute Gasteiger partial charge is 0.256 e. The normalized spacial score (nSPS) is 19.4. The minimum atomic E-state index is -0.366. The highest BCUT2D eigenvalue weighted by atomic mass is 19.1. The second-order valence-electron chi connectivity index (χ2n) is 5.59. The molecule has 1 aromatic carbocycles. The molecule has 2 aromatic rings. The van der Waals surface area contributed by atoms with Crippen molar-refractivity contribution in [3.8, 4) is 0 Å². The fraction of sp³-hybridized carbons (Fsp3) is 0.438.